The van der Waals surface area contributed by atoms with Gasteiger partial charge in [-0.25, -0.2) is 4.98 Å². The molecule has 41 heavy (non-hydrogen) atoms. The molecule has 0 fully saturated rings. The summed E-state index contributed by atoms with van der Waals surface area (Å²) in [4.78, 5) is 5.63. The first-order valence-electron chi connectivity index (χ1n) is 13.4. The number of benzene rings is 2. The number of thiophene rings is 1. The zero-order chi connectivity index (χ0) is 28.7. The summed E-state index contributed by atoms with van der Waals surface area (Å²) in [5, 5.41) is 6.84. The van der Waals surface area contributed by atoms with Crippen molar-refractivity contribution in [2.45, 2.75) is 33.9 Å². The van der Waals surface area contributed by atoms with Crippen molar-refractivity contribution in [3.8, 4) is 27.8 Å². The second kappa shape index (κ2) is 13.3. The van der Waals surface area contributed by atoms with Gasteiger partial charge in [-0.2, -0.15) is 5.10 Å². The zero-order valence-electron chi connectivity index (χ0n) is 23.2. The monoisotopic (exact) mass is 589 g/mol. The van der Waals surface area contributed by atoms with Gasteiger partial charge >= 0.3 is 7.60 Å². The van der Waals surface area contributed by atoms with Crippen LogP contribution >= 0.6 is 18.9 Å². The summed E-state index contributed by atoms with van der Waals surface area (Å²) in [6, 6.07) is 21.7. The van der Waals surface area contributed by atoms with Crippen LogP contribution in [0.5, 0.6) is 5.75 Å². The minimum Gasteiger partial charge on any atom is -0.487 e. The number of nitrogens with zero attached hydrogens (tertiary/aromatic N) is 3. The molecule has 0 spiro atoms. The van der Waals surface area contributed by atoms with Gasteiger partial charge in [-0.1, -0.05) is 36.4 Å². The number of ether oxygens (including phenoxy) is 1. The minimum absolute atomic E-state index is 0.297. The van der Waals surface area contributed by atoms with Crippen molar-refractivity contribution in [3.63, 3.8) is 0 Å². The van der Waals surface area contributed by atoms with Crippen LogP contribution in [0.25, 0.3) is 28.1 Å². The van der Waals surface area contributed by atoms with E-state index in [4.69, 9.17) is 23.3 Å². The fourth-order valence-corrected chi connectivity index (χ4v) is 6.24. The Morgan fingerprint density at radius 2 is 1.76 bits per heavy atom. The van der Waals surface area contributed by atoms with Gasteiger partial charge in [0.05, 0.1) is 24.6 Å². The molecule has 3 heterocycles. The molecular formula is C31H32N3O5PS. The Balaban J connectivity index is 1.27. The lowest BCUT2D eigenvalue weighted by molar-refractivity contribution is 0.229. The van der Waals surface area contributed by atoms with Gasteiger partial charge in [-0.3, -0.25) is 9.25 Å². The predicted octanol–water partition coefficient (Wildman–Crippen LogP) is 8.44. The number of rotatable bonds is 13. The Labute approximate surface area is 243 Å². The average molecular weight is 590 g/mol. The molecule has 0 aliphatic rings. The Morgan fingerprint density at radius 3 is 2.44 bits per heavy atom. The Kier molecular flexibility index (Phi) is 9.31. The quantitative estimate of drug-likeness (QED) is 0.127. The highest BCUT2D eigenvalue weighted by molar-refractivity contribution is 7.57. The number of hydrogen-bond acceptors (Lipinski definition) is 8. The molecule has 0 atom stereocenters. The molecule has 0 N–H and O–H groups in total. The first-order valence-corrected chi connectivity index (χ1v) is 15.9. The summed E-state index contributed by atoms with van der Waals surface area (Å²) >= 11 is 1.60. The molecule has 0 radical (unpaired) electrons. The van der Waals surface area contributed by atoms with Gasteiger partial charge in [0.2, 0.25) is 5.89 Å². The van der Waals surface area contributed by atoms with Crippen LogP contribution in [-0.4, -0.2) is 28.0 Å². The molecule has 212 valence electrons. The summed E-state index contributed by atoms with van der Waals surface area (Å²) in [6.07, 6.45) is 3.71. The highest BCUT2D eigenvalue weighted by Gasteiger charge is 2.20. The number of aryl methyl sites for hydroxylation is 1. The van der Waals surface area contributed by atoms with Crippen LogP contribution in [0, 0.1) is 6.92 Å². The summed E-state index contributed by atoms with van der Waals surface area (Å²) in [5.74, 6) is 3.59. The van der Waals surface area contributed by atoms with Gasteiger partial charge in [0, 0.05) is 23.1 Å². The number of oxazole rings is 1. The Hall–Kier alpha value is -3.75. The summed E-state index contributed by atoms with van der Waals surface area (Å²) < 4.78 is 37.5. The molecule has 0 aliphatic carbocycles. The van der Waals surface area contributed by atoms with Crippen molar-refractivity contribution >= 4 is 25.0 Å². The smallest absolute Gasteiger partial charge is 0.354 e. The molecule has 0 unspecified atom stereocenters. The summed E-state index contributed by atoms with van der Waals surface area (Å²) in [5.41, 5.74) is 4.41. The van der Waals surface area contributed by atoms with Crippen LogP contribution < -0.4 is 4.74 Å². The van der Waals surface area contributed by atoms with Crippen LogP contribution in [0.3, 0.4) is 0 Å². The fraction of sp³-hybridized carbons (Fsp3) is 0.226. The predicted molar refractivity (Wildman–Crippen MR) is 162 cm³/mol. The lowest BCUT2D eigenvalue weighted by Gasteiger charge is -2.12. The van der Waals surface area contributed by atoms with E-state index in [9.17, 15) is 4.57 Å². The second-order valence-electron chi connectivity index (χ2n) is 9.12. The topological polar surface area (TPSA) is 88.6 Å². The first-order chi connectivity index (χ1) is 20.0. The molecule has 0 saturated heterocycles. The van der Waals surface area contributed by atoms with Crippen LogP contribution in [-0.2, 0) is 26.8 Å². The minimum atomic E-state index is -3.33. The molecule has 2 aromatic carbocycles. The van der Waals surface area contributed by atoms with Crippen LogP contribution in [0.4, 0.5) is 0 Å². The largest absolute Gasteiger partial charge is 0.487 e. The van der Waals surface area contributed by atoms with E-state index in [0.717, 1.165) is 44.5 Å². The average Bonchev–Trinajstić information content (AvgIpc) is 3.73. The van der Waals surface area contributed by atoms with Gasteiger partial charge in [0.15, 0.2) is 0 Å². The molecule has 3 aromatic heterocycles. The van der Waals surface area contributed by atoms with Crippen molar-refractivity contribution < 1.29 is 22.8 Å². The van der Waals surface area contributed by atoms with E-state index in [1.54, 1.807) is 31.3 Å². The molecular weight excluding hydrogens is 557 g/mol. The lowest BCUT2D eigenvalue weighted by atomic mass is 10.2. The van der Waals surface area contributed by atoms with Crippen molar-refractivity contribution in [1.82, 2.24) is 14.8 Å². The van der Waals surface area contributed by atoms with Gasteiger partial charge in [-0.15, -0.1) is 11.3 Å². The van der Waals surface area contributed by atoms with E-state index >= 15 is 0 Å². The maximum absolute atomic E-state index is 13.0. The fourth-order valence-electron chi connectivity index (χ4n) is 4.20. The third-order valence-corrected chi connectivity index (χ3v) is 8.78. The first kappa shape index (κ1) is 28.8. The summed E-state index contributed by atoms with van der Waals surface area (Å²) in [7, 11) is -3.33. The standard InChI is InChI=1S/C31H32N3O5PS/c1-4-37-40(35,38-5-2)18-17-26-21-34(33-30(26)29-12-9-19-41-29)20-24-13-15-27(16-14-24)36-22-28-23(3)39-31(32-28)25-10-7-6-8-11-25/h6-19,21H,4-5,20,22H2,1-3H3/b18-17+. The molecule has 0 amide bonds. The Morgan fingerprint density at radius 1 is 1.00 bits per heavy atom. The van der Waals surface area contributed by atoms with Crippen LogP contribution in [0.1, 0.15) is 36.4 Å². The van der Waals surface area contributed by atoms with E-state index in [2.05, 4.69) is 4.98 Å². The van der Waals surface area contributed by atoms with E-state index in [1.165, 1.54) is 5.82 Å². The lowest BCUT2D eigenvalue weighted by Crippen LogP contribution is -2.01. The second-order valence-corrected chi connectivity index (χ2v) is 12.0. The number of aromatic nitrogens is 3. The van der Waals surface area contributed by atoms with Gasteiger partial charge < -0.3 is 18.2 Å². The van der Waals surface area contributed by atoms with E-state index in [-0.39, 0.29) is 0 Å². The maximum Gasteiger partial charge on any atom is 0.354 e. The van der Waals surface area contributed by atoms with Crippen LogP contribution in [0.2, 0.25) is 0 Å². The van der Waals surface area contributed by atoms with Crippen molar-refractivity contribution in [2.75, 3.05) is 13.2 Å². The molecule has 8 nitrogen and oxygen atoms in total. The zero-order valence-corrected chi connectivity index (χ0v) is 24.9. The summed E-state index contributed by atoms with van der Waals surface area (Å²) in [6.45, 7) is 6.95. The van der Waals surface area contributed by atoms with Crippen molar-refractivity contribution in [3.05, 3.63) is 107 Å². The molecule has 0 aliphatic heterocycles. The van der Waals surface area contributed by atoms with E-state index in [0.29, 0.717) is 32.3 Å². The molecule has 5 aromatic rings. The van der Waals surface area contributed by atoms with Gasteiger partial charge in [0.1, 0.15) is 29.5 Å². The maximum atomic E-state index is 13.0. The third kappa shape index (κ3) is 7.31. The van der Waals surface area contributed by atoms with Crippen molar-refractivity contribution in [1.29, 1.82) is 0 Å². The molecule has 0 bridgehead atoms. The van der Waals surface area contributed by atoms with Gasteiger partial charge in [0.25, 0.3) is 0 Å². The highest BCUT2D eigenvalue weighted by atomic mass is 32.1. The van der Waals surface area contributed by atoms with E-state index in [1.807, 2.05) is 89.9 Å². The molecule has 0 saturated carbocycles. The third-order valence-electron chi connectivity index (χ3n) is 6.16. The molecule has 10 heteroatoms. The highest BCUT2D eigenvalue weighted by Crippen LogP contribution is 2.50. The van der Waals surface area contributed by atoms with E-state index < -0.39 is 7.60 Å². The number of hydrogen-bond donors (Lipinski definition) is 0. The van der Waals surface area contributed by atoms with Gasteiger partial charge in [-0.05, 0) is 68.1 Å². The van der Waals surface area contributed by atoms with Crippen molar-refractivity contribution in [2.24, 2.45) is 0 Å². The van der Waals surface area contributed by atoms with Crippen LogP contribution in [0.15, 0.2) is 88.5 Å². The SMILES string of the molecule is CCOP(=O)(/C=C/c1cn(Cc2ccc(OCc3nc(-c4ccccc4)oc3C)cc2)nc1-c1cccs1)OCC. The Bertz CT molecular complexity index is 1620. The molecule has 5 rings (SSSR count). The normalized spacial score (nSPS) is 11.9.